The number of hydrogen-bond donors (Lipinski definition) is 1. The van der Waals surface area contributed by atoms with Gasteiger partial charge in [0.05, 0.1) is 12.2 Å². The molecule has 0 radical (unpaired) electrons. The van der Waals surface area contributed by atoms with Crippen molar-refractivity contribution in [2.24, 2.45) is 0 Å². The molecule has 0 aromatic heterocycles. The lowest BCUT2D eigenvalue weighted by Gasteiger charge is -2.17. The normalized spacial score (nSPS) is 13.3. The Bertz CT molecular complexity index is 1290. The van der Waals surface area contributed by atoms with Crippen molar-refractivity contribution in [3.8, 4) is 17.2 Å². The van der Waals surface area contributed by atoms with Crippen molar-refractivity contribution in [2.75, 3.05) is 27.2 Å². The van der Waals surface area contributed by atoms with Crippen LogP contribution in [0.4, 0.5) is 4.79 Å². The number of rotatable bonds is 13. The number of ketones is 1. The SMILES string of the molecule is CNC(=O)Oc1cccc(CN(C)CCCCCCCOc2ccc3c(c2)O/C(=C\c2ccccc2)C3=O)c1. The van der Waals surface area contributed by atoms with Crippen molar-refractivity contribution in [1.29, 1.82) is 0 Å². The molecule has 0 bridgehead atoms. The van der Waals surface area contributed by atoms with Crippen LogP contribution in [-0.2, 0) is 6.54 Å². The molecule has 3 aromatic rings. The third-order valence-electron chi connectivity index (χ3n) is 6.46. The van der Waals surface area contributed by atoms with Gasteiger partial charge in [-0.25, -0.2) is 4.79 Å². The van der Waals surface area contributed by atoms with Crippen LogP contribution in [0.3, 0.4) is 0 Å². The molecule has 1 N–H and O–H groups in total. The number of nitrogens with one attached hydrogen (secondary N) is 1. The number of allylic oxidation sites excluding steroid dienone is 1. The number of unbranched alkanes of at least 4 members (excludes halogenated alkanes) is 4. The van der Waals surface area contributed by atoms with Gasteiger partial charge in [0.15, 0.2) is 5.76 Å². The van der Waals surface area contributed by atoms with Crippen LogP contribution in [0.2, 0.25) is 0 Å². The lowest BCUT2D eigenvalue weighted by Crippen LogP contribution is -2.22. The van der Waals surface area contributed by atoms with E-state index in [0.29, 0.717) is 35.2 Å². The van der Waals surface area contributed by atoms with Crippen molar-refractivity contribution in [3.63, 3.8) is 0 Å². The first-order valence-electron chi connectivity index (χ1n) is 13.4. The van der Waals surface area contributed by atoms with E-state index in [-0.39, 0.29) is 5.78 Å². The molecule has 1 aliphatic rings. The van der Waals surface area contributed by atoms with Gasteiger partial charge in [0.1, 0.15) is 17.2 Å². The van der Waals surface area contributed by atoms with Crippen molar-refractivity contribution in [1.82, 2.24) is 10.2 Å². The molecule has 1 amide bonds. The van der Waals surface area contributed by atoms with E-state index in [9.17, 15) is 9.59 Å². The van der Waals surface area contributed by atoms with Crippen LogP contribution < -0.4 is 19.5 Å². The van der Waals surface area contributed by atoms with Gasteiger partial charge in [0, 0.05) is 19.7 Å². The van der Waals surface area contributed by atoms with Gasteiger partial charge in [-0.3, -0.25) is 4.79 Å². The van der Waals surface area contributed by atoms with Gasteiger partial charge in [0.25, 0.3) is 0 Å². The van der Waals surface area contributed by atoms with Gasteiger partial charge < -0.3 is 24.4 Å². The largest absolute Gasteiger partial charge is 0.493 e. The molecule has 0 saturated heterocycles. The van der Waals surface area contributed by atoms with E-state index in [1.165, 1.54) is 0 Å². The molecule has 204 valence electrons. The molecule has 0 aliphatic carbocycles. The van der Waals surface area contributed by atoms with E-state index < -0.39 is 6.09 Å². The highest BCUT2D eigenvalue weighted by molar-refractivity contribution is 6.14. The van der Waals surface area contributed by atoms with Crippen LogP contribution in [0.25, 0.3) is 6.08 Å². The molecule has 0 saturated carbocycles. The van der Waals surface area contributed by atoms with Crippen LogP contribution in [0.1, 0.15) is 53.6 Å². The summed E-state index contributed by atoms with van der Waals surface area (Å²) >= 11 is 0. The smallest absolute Gasteiger partial charge is 0.412 e. The van der Waals surface area contributed by atoms with Crippen molar-refractivity contribution in [2.45, 2.75) is 38.6 Å². The number of Topliss-reactive ketones (excluding diaryl/α,β-unsaturated/α-hetero) is 1. The molecule has 39 heavy (non-hydrogen) atoms. The van der Waals surface area contributed by atoms with Gasteiger partial charge >= 0.3 is 6.09 Å². The summed E-state index contributed by atoms with van der Waals surface area (Å²) in [6.07, 6.45) is 6.83. The van der Waals surface area contributed by atoms with E-state index in [4.69, 9.17) is 14.2 Å². The van der Waals surface area contributed by atoms with Gasteiger partial charge in [-0.1, -0.05) is 61.7 Å². The molecule has 7 heteroatoms. The maximum absolute atomic E-state index is 12.6. The van der Waals surface area contributed by atoms with Crippen molar-refractivity contribution >= 4 is 18.0 Å². The van der Waals surface area contributed by atoms with Crippen LogP contribution in [0.5, 0.6) is 17.2 Å². The molecule has 0 spiro atoms. The number of nitrogens with zero attached hydrogens (tertiary/aromatic N) is 1. The summed E-state index contributed by atoms with van der Waals surface area (Å²) in [6.45, 7) is 2.44. The highest BCUT2D eigenvalue weighted by atomic mass is 16.6. The lowest BCUT2D eigenvalue weighted by atomic mass is 10.1. The number of amides is 1. The number of hydrogen-bond acceptors (Lipinski definition) is 6. The third-order valence-corrected chi connectivity index (χ3v) is 6.46. The Kier molecular flexibility index (Phi) is 10.1. The Hall–Kier alpha value is -4.10. The molecular formula is C32H36N2O5. The van der Waals surface area contributed by atoms with Gasteiger partial charge in [-0.2, -0.15) is 0 Å². The highest BCUT2D eigenvalue weighted by Crippen LogP contribution is 2.35. The Morgan fingerprint density at radius 3 is 2.54 bits per heavy atom. The summed E-state index contributed by atoms with van der Waals surface area (Å²) in [5.74, 6) is 2.05. The average Bonchev–Trinajstić information content (AvgIpc) is 3.24. The summed E-state index contributed by atoms with van der Waals surface area (Å²) < 4.78 is 16.9. The summed E-state index contributed by atoms with van der Waals surface area (Å²) in [7, 11) is 3.65. The lowest BCUT2D eigenvalue weighted by molar-refractivity contribution is 0.101. The number of carbonyl (C=O) groups is 2. The topological polar surface area (TPSA) is 77.1 Å². The Morgan fingerprint density at radius 2 is 1.72 bits per heavy atom. The molecular weight excluding hydrogens is 492 g/mol. The zero-order chi connectivity index (χ0) is 27.5. The van der Waals surface area contributed by atoms with Crippen molar-refractivity contribution < 1.29 is 23.8 Å². The van der Waals surface area contributed by atoms with E-state index >= 15 is 0 Å². The van der Waals surface area contributed by atoms with Crippen molar-refractivity contribution in [3.05, 3.63) is 95.2 Å². The number of fused-ring (bicyclic) bond motifs is 1. The fourth-order valence-electron chi connectivity index (χ4n) is 4.42. The van der Waals surface area contributed by atoms with Crippen LogP contribution in [0.15, 0.2) is 78.6 Å². The number of carbonyl (C=O) groups excluding carboxylic acids is 2. The van der Waals surface area contributed by atoms with Gasteiger partial charge in [0.2, 0.25) is 5.78 Å². The predicted molar refractivity (Wildman–Crippen MR) is 152 cm³/mol. The second-order valence-corrected chi connectivity index (χ2v) is 9.65. The standard InChI is InChI=1S/C32H36N2O5/c1-33-32(36)38-27-15-11-14-25(20-27)23-34(2)18-9-4-3-5-10-19-37-26-16-17-28-29(22-26)39-30(31(28)35)21-24-12-7-6-8-13-24/h6-8,11-17,20-22H,3-5,9-10,18-19,23H2,1-2H3,(H,33,36)/b30-21-. The molecule has 1 heterocycles. The molecule has 0 unspecified atom stereocenters. The first-order chi connectivity index (χ1) is 19.0. The number of benzene rings is 3. The second kappa shape index (κ2) is 14.2. The zero-order valence-electron chi connectivity index (χ0n) is 22.7. The molecule has 4 rings (SSSR count). The minimum absolute atomic E-state index is 0.102. The first-order valence-corrected chi connectivity index (χ1v) is 13.4. The second-order valence-electron chi connectivity index (χ2n) is 9.65. The van der Waals surface area contributed by atoms with E-state index in [1.54, 1.807) is 31.3 Å². The summed E-state index contributed by atoms with van der Waals surface area (Å²) in [4.78, 5) is 26.3. The van der Waals surface area contributed by atoms with Gasteiger partial charge in [-0.05, 0) is 67.9 Å². The van der Waals surface area contributed by atoms with Gasteiger partial charge in [-0.15, -0.1) is 0 Å². The Labute approximate surface area is 230 Å². The maximum Gasteiger partial charge on any atom is 0.412 e. The molecule has 3 aromatic carbocycles. The minimum atomic E-state index is -0.464. The molecule has 7 nitrogen and oxygen atoms in total. The fraction of sp³-hybridized carbons (Fsp3) is 0.312. The van der Waals surface area contributed by atoms with Crippen LogP contribution >= 0.6 is 0 Å². The van der Waals surface area contributed by atoms with E-state index in [0.717, 1.165) is 56.3 Å². The molecule has 0 atom stereocenters. The van der Waals surface area contributed by atoms with Crippen LogP contribution in [0, 0.1) is 0 Å². The Balaban J connectivity index is 1.10. The predicted octanol–water partition coefficient (Wildman–Crippen LogP) is 6.48. The fourth-order valence-corrected chi connectivity index (χ4v) is 4.42. The quantitative estimate of drug-likeness (QED) is 0.202. The minimum Gasteiger partial charge on any atom is -0.493 e. The molecule has 1 aliphatic heterocycles. The summed E-state index contributed by atoms with van der Waals surface area (Å²) in [6, 6.07) is 22.7. The third kappa shape index (κ3) is 8.45. The average molecular weight is 529 g/mol. The highest BCUT2D eigenvalue weighted by Gasteiger charge is 2.27. The van der Waals surface area contributed by atoms with E-state index in [1.807, 2.05) is 54.6 Å². The summed E-state index contributed by atoms with van der Waals surface area (Å²) in [5.41, 5.74) is 2.61. The summed E-state index contributed by atoms with van der Waals surface area (Å²) in [5, 5.41) is 2.46. The number of ether oxygens (including phenoxy) is 3. The Morgan fingerprint density at radius 1 is 0.923 bits per heavy atom. The monoisotopic (exact) mass is 528 g/mol. The van der Waals surface area contributed by atoms with E-state index in [2.05, 4.69) is 17.3 Å². The maximum atomic E-state index is 12.6. The molecule has 0 fully saturated rings. The first kappa shape index (κ1) is 27.9. The van der Waals surface area contributed by atoms with Crippen LogP contribution in [-0.4, -0.2) is 44.0 Å². The zero-order valence-corrected chi connectivity index (χ0v) is 22.7.